The number of carbonyl (C=O) groups excluding carboxylic acids is 1. The first-order chi connectivity index (χ1) is 12.8. The predicted octanol–water partition coefficient (Wildman–Crippen LogP) is 3.77. The molecule has 3 heterocycles. The lowest BCUT2D eigenvalue weighted by Gasteiger charge is -2.25. The van der Waals surface area contributed by atoms with Crippen LogP contribution in [0.5, 0.6) is 5.75 Å². The summed E-state index contributed by atoms with van der Waals surface area (Å²) in [5.41, 5.74) is 1.69. The normalized spacial score (nSPS) is 14.4. The standard InChI is InChI=1S/C20H21N3O3/c1-25-15-6-7-16(17(14-15)23-13-5-10-21-23)18-8-9-19(26-18)20(24)22-11-3-2-4-12-22/h5-10,13-14H,2-4,11-12H2,1H3. The van der Waals surface area contributed by atoms with Gasteiger partial charge < -0.3 is 14.1 Å². The van der Waals surface area contributed by atoms with Crippen LogP contribution in [0.3, 0.4) is 0 Å². The molecule has 0 bridgehead atoms. The van der Waals surface area contributed by atoms with Gasteiger partial charge in [-0.05, 0) is 49.6 Å². The van der Waals surface area contributed by atoms with Crippen LogP contribution < -0.4 is 4.74 Å². The maximum atomic E-state index is 12.7. The Bertz CT molecular complexity index is 893. The molecule has 0 N–H and O–H groups in total. The summed E-state index contributed by atoms with van der Waals surface area (Å²) in [6, 6.07) is 11.1. The molecule has 1 aliphatic heterocycles. The van der Waals surface area contributed by atoms with E-state index in [1.54, 1.807) is 24.1 Å². The fourth-order valence-corrected chi connectivity index (χ4v) is 3.30. The third-order valence-corrected chi connectivity index (χ3v) is 4.68. The van der Waals surface area contributed by atoms with Crippen molar-refractivity contribution < 1.29 is 13.9 Å². The van der Waals surface area contributed by atoms with Gasteiger partial charge in [0.05, 0.1) is 12.8 Å². The van der Waals surface area contributed by atoms with Crippen LogP contribution in [0.4, 0.5) is 0 Å². The predicted molar refractivity (Wildman–Crippen MR) is 97.6 cm³/mol. The number of aromatic nitrogens is 2. The van der Waals surface area contributed by atoms with Gasteiger partial charge in [0.2, 0.25) is 0 Å². The fraction of sp³-hybridized carbons (Fsp3) is 0.300. The number of methoxy groups -OCH3 is 1. The van der Waals surface area contributed by atoms with Gasteiger partial charge in [-0.25, -0.2) is 4.68 Å². The lowest BCUT2D eigenvalue weighted by atomic mass is 10.1. The Morgan fingerprint density at radius 3 is 2.73 bits per heavy atom. The van der Waals surface area contributed by atoms with Crippen molar-refractivity contribution in [2.24, 2.45) is 0 Å². The summed E-state index contributed by atoms with van der Waals surface area (Å²) in [6.45, 7) is 1.60. The number of hydrogen-bond acceptors (Lipinski definition) is 4. The first-order valence-corrected chi connectivity index (χ1v) is 8.84. The number of piperidine rings is 1. The summed E-state index contributed by atoms with van der Waals surface area (Å²) in [5, 5.41) is 4.31. The molecule has 3 aromatic rings. The molecule has 0 aliphatic carbocycles. The number of rotatable bonds is 4. The second-order valence-electron chi connectivity index (χ2n) is 6.35. The van der Waals surface area contributed by atoms with E-state index in [2.05, 4.69) is 5.10 Å². The van der Waals surface area contributed by atoms with Gasteiger partial charge in [-0.3, -0.25) is 4.79 Å². The van der Waals surface area contributed by atoms with Crippen molar-refractivity contribution in [3.63, 3.8) is 0 Å². The molecule has 0 unspecified atom stereocenters. The molecule has 2 aromatic heterocycles. The molecule has 1 aliphatic rings. The summed E-state index contributed by atoms with van der Waals surface area (Å²) in [5.74, 6) is 1.71. The number of likely N-dealkylation sites (tertiary alicyclic amines) is 1. The van der Waals surface area contributed by atoms with Crippen LogP contribution in [0.15, 0.2) is 53.2 Å². The Balaban J connectivity index is 1.68. The number of benzene rings is 1. The lowest BCUT2D eigenvalue weighted by Crippen LogP contribution is -2.35. The SMILES string of the molecule is COc1ccc(-c2ccc(C(=O)N3CCCCC3)o2)c(-n2cccn2)c1. The van der Waals surface area contributed by atoms with Crippen molar-refractivity contribution >= 4 is 5.91 Å². The third kappa shape index (κ3) is 3.10. The van der Waals surface area contributed by atoms with E-state index in [0.717, 1.165) is 42.9 Å². The number of carbonyl (C=O) groups is 1. The zero-order valence-corrected chi connectivity index (χ0v) is 14.7. The van der Waals surface area contributed by atoms with Gasteiger partial charge in [-0.15, -0.1) is 0 Å². The van der Waals surface area contributed by atoms with Crippen molar-refractivity contribution in [1.82, 2.24) is 14.7 Å². The van der Waals surface area contributed by atoms with Gasteiger partial charge in [-0.2, -0.15) is 5.10 Å². The van der Waals surface area contributed by atoms with Crippen molar-refractivity contribution in [1.29, 1.82) is 0 Å². The average Bonchev–Trinajstić information content (AvgIpc) is 3.39. The molecule has 0 atom stereocenters. The molecule has 134 valence electrons. The van der Waals surface area contributed by atoms with Crippen LogP contribution >= 0.6 is 0 Å². The highest BCUT2D eigenvalue weighted by Crippen LogP contribution is 2.31. The highest BCUT2D eigenvalue weighted by molar-refractivity contribution is 5.92. The van der Waals surface area contributed by atoms with Gasteiger partial charge in [0, 0.05) is 37.1 Å². The number of hydrogen-bond donors (Lipinski definition) is 0. The van der Waals surface area contributed by atoms with Gasteiger partial charge in [0.15, 0.2) is 5.76 Å². The summed E-state index contributed by atoms with van der Waals surface area (Å²) in [4.78, 5) is 14.5. The van der Waals surface area contributed by atoms with Crippen LogP contribution in [0.2, 0.25) is 0 Å². The fourth-order valence-electron chi connectivity index (χ4n) is 3.30. The maximum absolute atomic E-state index is 12.7. The topological polar surface area (TPSA) is 60.5 Å². The van der Waals surface area contributed by atoms with Crippen molar-refractivity contribution in [3.8, 4) is 22.8 Å². The number of nitrogens with zero attached hydrogens (tertiary/aromatic N) is 3. The number of amides is 1. The zero-order valence-electron chi connectivity index (χ0n) is 14.7. The molecule has 0 spiro atoms. The Morgan fingerprint density at radius 1 is 1.15 bits per heavy atom. The third-order valence-electron chi connectivity index (χ3n) is 4.68. The molecular formula is C20H21N3O3. The Hall–Kier alpha value is -3.02. The van der Waals surface area contributed by atoms with E-state index < -0.39 is 0 Å². The van der Waals surface area contributed by atoms with Crippen LogP contribution in [0, 0.1) is 0 Å². The van der Waals surface area contributed by atoms with E-state index in [0.29, 0.717) is 11.5 Å². The van der Waals surface area contributed by atoms with E-state index in [4.69, 9.17) is 9.15 Å². The second kappa shape index (κ2) is 7.07. The monoisotopic (exact) mass is 351 g/mol. The van der Waals surface area contributed by atoms with Crippen LogP contribution in [-0.4, -0.2) is 40.8 Å². The summed E-state index contributed by atoms with van der Waals surface area (Å²) >= 11 is 0. The Kier molecular flexibility index (Phi) is 4.48. The van der Waals surface area contributed by atoms with Crippen molar-refractivity contribution in [3.05, 3.63) is 54.6 Å². The van der Waals surface area contributed by atoms with E-state index in [1.165, 1.54) is 6.42 Å². The van der Waals surface area contributed by atoms with Gasteiger partial charge in [0.25, 0.3) is 5.91 Å². The average molecular weight is 351 g/mol. The lowest BCUT2D eigenvalue weighted by molar-refractivity contribution is 0.0693. The van der Waals surface area contributed by atoms with Crippen molar-refractivity contribution in [2.75, 3.05) is 20.2 Å². The molecule has 0 radical (unpaired) electrons. The van der Waals surface area contributed by atoms with E-state index in [-0.39, 0.29) is 5.91 Å². The maximum Gasteiger partial charge on any atom is 0.289 e. The summed E-state index contributed by atoms with van der Waals surface area (Å²) in [7, 11) is 1.63. The van der Waals surface area contributed by atoms with E-state index in [1.807, 2.05) is 41.4 Å². The smallest absolute Gasteiger partial charge is 0.289 e. The van der Waals surface area contributed by atoms with Gasteiger partial charge >= 0.3 is 0 Å². The molecule has 1 amide bonds. The quantitative estimate of drug-likeness (QED) is 0.718. The molecule has 1 fully saturated rings. The summed E-state index contributed by atoms with van der Waals surface area (Å²) in [6.07, 6.45) is 6.88. The molecular weight excluding hydrogens is 330 g/mol. The largest absolute Gasteiger partial charge is 0.497 e. The summed E-state index contributed by atoms with van der Waals surface area (Å²) < 4.78 is 13.0. The Morgan fingerprint density at radius 2 is 2.00 bits per heavy atom. The van der Waals surface area contributed by atoms with E-state index >= 15 is 0 Å². The first-order valence-electron chi connectivity index (χ1n) is 8.84. The molecule has 6 heteroatoms. The van der Waals surface area contributed by atoms with Crippen LogP contribution in [0.1, 0.15) is 29.8 Å². The molecule has 26 heavy (non-hydrogen) atoms. The first kappa shape index (κ1) is 16.4. The second-order valence-corrected chi connectivity index (χ2v) is 6.35. The Labute approximate surface area is 152 Å². The molecule has 4 rings (SSSR count). The van der Waals surface area contributed by atoms with Crippen molar-refractivity contribution in [2.45, 2.75) is 19.3 Å². The highest BCUT2D eigenvalue weighted by Gasteiger charge is 2.22. The number of furan rings is 1. The molecule has 0 saturated carbocycles. The minimum atomic E-state index is -0.0369. The molecule has 1 aromatic carbocycles. The van der Waals surface area contributed by atoms with Crippen LogP contribution in [0.25, 0.3) is 17.0 Å². The van der Waals surface area contributed by atoms with E-state index in [9.17, 15) is 4.79 Å². The highest BCUT2D eigenvalue weighted by atomic mass is 16.5. The van der Waals surface area contributed by atoms with Gasteiger partial charge in [0.1, 0.15) is 11.5 Å². The molecule has 6 nitrogen and oxygen atoms in total. The van der Waals surface area contributed by atoms with Crippen LogP contribution in [-0.2, 0) is 0 Å². The minimum absolute atomic E-state index is 0.0369. The zero-order chi connectivity index (χ0) is 17.9. The molecule has 1 saturated heterocycles. The minimum Gasteiger partial charge on any atom is -0.497 e. The number of ether oxygens (including phenoxy) is 1. The van der Waals surface area contributed by atoms with Gasteiger partial charge in [-0.1, -0.05) is 0 Å².